The second-order valence-corrected chi connectivity index (χ2v) is 4.78. The van der Waals surface area contributed by atoms with E-state index in [4.69, 9.17) is 16.3 Å². The summed E-state index contributed by atoms with van der Waals surface area (Å²) in [6.07, 6.45) is 2.09. The van der Waals surface area contributed by atoms with Crippen LogP contribution in [0.1, 0.15) is 25.3 Å². The molecule has 0 aromatic heterocycles. The zero-order valence-corrected chi connectivity index (χ0v) is 10.3. The second-order valence-electron chi connectivity index (χ2n) is 4.37. The molecule has 0 amide bonds. The maximum absolute atomic E-state index is 10.0. The Morgan fingerprint density at radius 2 is 2.25 bits per heavy atom. The Bertz CT molecular complexity index is 400. The molecular weight excluding hydrogens is 226 g/mol. The normalized spacial score (nSPS) is 24.7. The number of methoxy groups -OCH3 is 1. The second kappa shape index (κ2) is 4.15. The third-order valence-corrected chi connectivity index (χ3v) is 3.52. The SMILES string of the molecule is COc1cc(Cl)c(O)c(C2(C)CCCN2)c1. The standard InChI is InChI=1S/C12H16ClNO2/c1-12(4-3-5-14-12)9-6-8(16-2)7-10(13)11(9)15/h6-7,14-15H,3-5H2,1-2H3. The van der Waals surface area contributed by atoms with Crippen molar-refractivity contribution in [3.8, 4) is 11.5 Å². The molecule has 1 saturated heterocycles. The van der Waals surface area contributed by atoms with Crippen molar-refractivity contribution in [3.63, 3.8) is 0 Å². The summed E-state index contributed by atoms with van der Waals surface area (Å²) >= 11 is 5.98. The molecule has 0 spiro atoms. The van der Waals surface area contributed by atoms with Gasteiger partial charge in [0.15, 0.2) is 0 Å². The van der Waals surface area contributed by atoms with E-state index in [1.165, 1.54) is 0 Å². The van der Waals surface area contributed by atoms with Gasteiger partial charge in [-0.3, -0.25) is 0 Å². The first-order chi connectivity index (χ1) is 7.57. The van der Waals surface area contributed by atoms with Crippen LogP contribution in [-0.2, 0) is 5.54 Å². The highest BCUT2D eigenvalue weighted by Gasteiger charge is 2.33. The minimum atomic E-state index is -0.206. The predicted octanol–water partition coefficient (Wildman–Crippen LogP) is 2.65. The largest absolute Gasteiger partial charge is 0.506 e. The molecule has 0 saturated carbocycles. The number of hydrogen-bond donors (Lipinski definition) is 2. The molecule has 1 aromatic rings. The van der Waals surface area contributed by atoms with E-state index in [-0.39, 0.29) is 11.3 Å². The van der Waals surface area contributed by atoms with Gasteiger partial charge >= 0.3 is 0 Å². The Morgan fingerprint density at radius 3 is 2.81 bits per heavy atom. The first-order valence-corrected chi connectivity index (χ1v) is 5.76. The molecule has 1 unspecified atom stereocenters. The van der Waals surface area contributed by atoms with Gasteiger partial charge in [0.1, 0.15) is 11.5 Å². The summed E-state index contributed by atoms with van der Waals surface area (Å²) in [7, 11) is 1.59. The van der Waals surface area contributed by atoms with Gasteiger partial charge in [-0.05, 0) is 32.4 Å². The number of aromatic hydroxyl groups is 1. The topological polar surface area (TPSA) is 41.5 Å². The van der Waals surface area contributed by atoms with E-state index < -0.39 is 0 Å². The number of ether oxygens (including phenoxy) is 1. The lowest BCUT2D eigenvalue weighted by atomic mass is 9.89. The summed E-state index contributed by atoms with van der Waals surface area (Å²) in [6.45, 7) is 3.04. The molecule has 1 aromatic carbocycles. The zero-order valence-electron chi connectivity index (χ0n) is 9.51. The summed E-state index contributed by atoms with van der Waals surface area (Å²) in [4.78, 5) is 0. The molecule has 16 heavy (non-hydrogen) atoms. The fraction of sp³-hybridized carbons (Fsp3) is 0.500. The van der Waals surface area contributed by atoms with E-state index in [1.807, 2.05) is 6.07 Å². The summed E-state index contributed by atoms with van der Waals surface area (Å²) in [6, 6.07) is 3.47. The number of phenolic OH excluding ortho intramolecular Hbond substituents is 1. The quantitative estimate of drug-likeness (QED) is 0.837. The molecule has 2 N–H and O–H groups in total. The molecule has 1 aliphatic heterocycles. The van der Waals surface area contributed by atoms with Crippen LogP contribution in [0.25, 0.3) is 0 Å². The third-order valence-electron chi connectivity index (χ3n) is 3.24. The predicted molar refractivity (Wildman–Crippen MR) is 64.3 cm³/mol. The van der Waals surface area contributed by atoms with Gasteiger partial charge in [-0.25, -0.2) is 0 Å². The lowest BCUT2D eigenvalue weighted by Gasteiger charge is -2.26. The molecule has 0 radical (unpaired) electrons. The molecular formula is C12H16ClNO2. The number of hydrogen-bond acceptors (Lipinski definition) is 3. The minimum Gasteiger partial charge on any atom is -0.506 e. The molecule has 0 aliphatic carbocycles. The van der Waals surface area contributed by atoms with Crippen molar-refractivity contribution in [2.24, 2.45) is 0 Å². The minimum absolute atomic E-state index is 0.152. The molecule has 88 valence electrons. The van der Waals surface area contributed by atoms with Crippen molar-refractivity contribution in [3.05, 3.63) is 22.7 Å². The lowest BCUT2D eigenvalue weighted by molar-refractivity contribution is 0.382. The first-order valence-electron chi connectivity index (χ1n) is 5.39. The van der Waals surface area contributed by atoms with E-state index in [2.05, 4.69) is 12.2 Å². The van der Waals surface area contributed by atoms with Gasteiger partial charge in [-0.15, -0.1) is 0 Å². The molecule has 1 aliphatic rings. The summed E-state index contributed by atoms with van der Waals surface area (Å²) in [5.74, 6) is 0.826. The van der Waals surface area contributed by atoms with Gasteiger partial charge in [-0.1, -0.05) is 11.6 Å². The molecule has 4 heteroatoms. The van der Waals surface area contributed by atoms with Crippen LogP contribution in [0.2, 0.25) is 5.02 Å². The van der Waals surface area contributed by atoms with Gasteiger partial charge in [-0.2, -0.15) is 0 Å². The van der Waals surface area contributed by atoms with Crippen LogP contribution in [0.15, 0.2) is 12.1 Å². The Balaban J connectivity index is 2.50. The van der Waals surface area contributed by atoms with Crippen molar-refractivity contribution in [1.82, 2.24) is 5.32 Å². The molecule has 0 bridgehead atoms. The fourth-order valence-corrected chi connectivity index (χ4v) is 2.45. The van der Waals surface area contributed by atoms with Crippen LogP contribution in [0.3, 0.4) is 0 Å². The Morgan fingerprint density at radius 1 is 1.50 bits per heavy atom. The van der Waals surface area contributed by atoms with Crippen molar-refractivity contribution in [2.75, 3.05) is 13.7 Å². The monoisotopic (exact) mass is 241 g/mol. The van der Waals surface area contributed by atoms with Crippen molar-refractivity contribution in [2.45, 2.75) is 25.3 Å². The van der Waals surface area contributed by atoms with Gasteiger partial charge in [0.25, 0.3) is 0 Å². The van der Waals surface area contributed by atoms with Crippen molar-refractivity contribution in [1.29, 1.82) is 0 Å². The molecule has 1 fully saturated rings. The highest BCUT2D eigenvalue weighted by Crippen LogP contribution is 2.41. The van der Waals surface area contributed by atoms with Crippen LogP contribution in [0.4, 0.5) is 0 Å². The van der Waals surface area contributed by atoms with Crippen LogP contribution < -0.4 is 10.1 Å². The van der Waals surface area contributed by atoms with Crippen LogP contribution in [0, 0.1) is 0 Å². The van der Waals surface area contributed by atoms with E-state index in [0.29, 0.717) is 10.8 Å². The zero-order chi connectivity index (χ0) is 11.8. The van der Waals surface area contributed by atoms with Gasteiger partial charge in [0.2, 0.25) is 0 Å². The van der Waals surface area contributed by atoms with Crippen molar-refractivity contribution < 1.29 is 9.84 Å². The Kier molecular flexibility index (Phi) is 3.00. The average Bonchev–Trinajstić information content (AvgIpc) is 2.70. The number of rotatable bonds is 2. The number of phenols is 1. The van der Waals surface area contributed by atoms with E-state index >= 15 is 0 Å². The molecule has 1 heterocycles. The highest BCUT2D eigenvalue weighted by molar-refractivity contribution is 6.32. The van der Waals surface area contributed by atoms with Gasteiger partial charge in [0.05, 0.1) is 12.1 Å². The first kappa shape index (κ1) is 11.6. The molecule has 1 atom stereocenters. The third kappa shape index (κ3) is 1.85. The molecule has 2 rings (SSSR count). The summed E-state index contributed by atoms with van der Waals surface area (Å²) < 4.78 is 5.17. The van der Waals surface area contributed by atoms with E-state index in [1.54, 1.807) is 13.2 Å². The van der Waals surface area contributed by atoms with Crippen LogP contribution >= 0.6 is 11.6 Å². The van der Waals surface area contributed by atoms with Crippen LogP contribution in [0.5, 0.6) is 11.5 Å². The molecule has 3 nitrogen and oxygen atoms in total. The maximum Gasteiger partial charge on any atom is 0.139 e. The fourth-order valence-electron chi connectivity index (χ4n) is 2.24. The number of nitrogens with one attached hydrogen (secondary N) is 1. The van der Waals surface area contributed by atoms with Crippen molar-refractivity contribution >= 4 is 11.6 Å². The van der Waals surface area contributed by atoms with E-state index in [9.17, 15) is 5.11 Å². The Labute approximate surface area is 100 Å². The van der Waals surface area contributed by atoms with Crippen LogP contribution in [-0.4, -0.2) is 18.8 Å². The highest BCUT2D eigenvalue weighted by atomic mass is 35.5. The maximum atomic E-state index is 10.0. The number of halogens is 1. The number of benzene rings is 1. The van der Waals surface area contributed by atoms with Gasteiger partial charge in [0, 0.05) is 17.2 Å². The van der Waals surface area contributed by atoms with Gasteiger partial charge < -0.3 is 15.2 Å². The average molecular weight is 242 g/mol. The van der Waals surface area contributed by atoms with E-state index in [0.717, 1.165) is 24.9 Å². The summed E-state index contributed by atoms with van der Waals surface area (Å²) in [5.41, 5.74) is 0.608. The lowest BCUT2D eigenvalue weighted by Crippen LogP contribution is -2.33. The smallest absolute Gasteiger partial charge is 0.139 e. The Hall–Kier alpha value is -0.930. The summed E-state index contributed by atoms with van der Waals surface area (Å²) in [5, 5.41) is 13.7.